The van der Waals surface area contributed by atoms with Crippen LogP contribution in [0.5, 0.6) is 5.75 Å². The van der Waals surface area contributed by atoms with Crippen LogP contribution in [0, 0.1) is 0 Å². The summed E-state index contributed by atoms with van der Waals surface area (Å²) in [5, 5.41) is 0.260. The Morgan fingerprint density at radius 3 is 2.35 bits per heavy atom. The topological polar surface area (TPSA) is 55.4 Å². The third kappa shape index (κ3) is 4.25. The molecule has 0 aromatic heterocycles. The third-order valence-electron chi connectivity index (χ3n) is 3.65. The summed E-state index contributed by atoms with van der Waals surface area (Å²) in [6.07, 6.45) is 0.949. The first-order valence-electron chi connectivity index (χ1n) is 7.32. The lowest BCUT2D eigenvalue weighted by atomic mass is 10.1. The minimum Gasteiger partial charge on any atom is -0.495 e. The van der Waals surface area contributed by atoms with Gasteiger partial charge in [-0.1, -0.05) is 42.8 Å². The number of hydrogen-bond acceptors (Lipinski definition) is 3. The van der Waals surface area contributed by atoms with Gasteiger partial charge >= 0.3 is 0 Å². The highest BCUT2D eigenvalue weighted by atomic mass is 35.5. The van der Waals surface area contributed by atoms with Gasteiger partial charge in [-0.25, -0.2) is 13.1 Å². The third-order valence-corrected chi connectivity index (χ3v) is 5.49. The molecule has 0 aliphatic heterocycles. The maximum atomic E-state index is 12.5. The van der Waals surface area contributed by atoms with Gasteiger partial charge in [0.1, 0.15) is 5.75 Å². The van der Waals surface area contributed by atoms with Gasteiger partial charge in [0.05, 0.1) is 17.0 Å². The van der Waals surface area contributed by atoms with Crippen molar-refractivity contribution in [3.05, 3.63) is 58.6 Å². The molecule has 0 unspecified atom stereocenters. The number of hydrogen-bond donors (Lipinski definition) is 1. The van der Waals surface area contributed by atoms with Crippen LogP contribution in [0.25, 0.3) is 0 Å². The van der Waals surface area contributed by atoms with E-state index in [1.807, 2.05) is 31.2 Å². The zero-order chi connectivity index (χ0) is 17.0. The molecule has 2 aromatic carbocycles. The molecule has 2 aromatic rings. The normalized spacial score (nSPS) is 12.9. The Labute approximate surface area is 142 Å². The Bertz CT molecular complexity index is 773. The van der Waals surface area contributed by atoms with Crippen molar-refractivity contribution in [2.75, 3.05) is 7.11 Å². The van der Waals surface area contributed by atoms with Gasteiger partial charge in [-0.3, -0.25) is 0 Å². The van der Waals surface area contributed by atoms with Gasteiger partial charge in [-0.2, -0.15) is 0 Å². The molecule has 1 atom stereocenters. The van der Waals surface area contributed by atoms with Gasteiger partial charge < -0.3 is 4.74 Å². The van der Waals surface area contributed by atoms with Crippen molar-refractivity contribution in [1.82, 2.24) is 4.72 Å². The number of halogens is 1. The lowest BCUT2D eigenvalue weighted by Gasteiger charge is -2.15. The maximum absolute atomic E-state index is 12.5. The standard InChI is InChI=1S/C17H20ClNO3S/c1-4-13-5-7-14(8-6-13)12(2)19-23(20,21)15-9-10-17(22-3)16(18)11-15/h5-12,19H,4H2,1-3H3/t12-/m1/s1. The van der Waals surface area contributed by atoms with Crippen molar-refractivity contribution in [1.29, 1.82) is 0 Å². The van der Waals surface area contributed by atoms with E-state index in [4.69, 9.17) is 16.3 Å². The predicted molar refractivity (Wildman–Crippen MR) is 92.6 cm³/mol. The molecule has 0 bridgehead atoms. The van der Waals surface area contributed by atoms with Crippen molar-refractivity contribution < 1.29 is 13.2 Å². The monoisotopic (exact) mass is 353 g/mol. The lowest BCUT2D eigenvalue weighted by molar-refractivity contribution is 0.414. The predicted octanol–water partition coefficient (Wildman–Crippen LogP) is 3.95. The summed E-state index contributed by atoms with van der Waals surface area (Å²) in [5.74, 6) is 0.439. The summed E-state index contributed by atoms with van der Waals surface area (Å²) >= 11 is 6.01. The molecule has 0 saturated heterocycles. The molecule has 2 rings (SSSR count). The molecule has 1 N–H and O–H groups in total. The van der Waals surface area contributed by atoms with Crippen LogP contribution >= 0.6 is 11.6 Å². The Morgan fingerprint density at radius 1 is 1.17 bits per heavy atom. The van der Waals surface area contributed by atoms with E-state index in [1.165, 1.54) is 30.9 Å². The highest BCUT2D eigenvalue weighted by Gasteiger charge is 2.19. The van der Waals surface area contributed by atoms with Crippen molar-refractivity contribution >= 4 is 21.6 Å². The zero-order valence-corrected chi connectivity index (χ0v) is 14.9. The highest BCUT2D eigenvalue weighted by Crippen LogP contribution is 2.27. The van der Waals surface area contributed by atoms with E-state index in [0.29, 0.717) is 5.75 Å². The molecular weight excluding hydrogens is 334 g/mol. The van der Waals surface area contributed by atoms with Crippen LogP contribution in [0.3, 0.4) is 0 Å². The Balaban J connectivity index is 2.21. The molecule has 6 heteroatoms. The molecule has 0 amide bonds. The second-order valence-corrected chi connectivity index (χ2v) is 7.36. The molecule has 124 valence electrons. The molecule has 0 radical (unpaired) electrons. The van der Waals surface area contributed by atoms with E-state index in [-0.39, 0.29) is 16.0 Å². The number of sulfonamides is 1. The Kier molecular flexibility index (Phi) is 5.68. The van der Waals surface area contributed by atoms with Gasteiger partial charge in [-0.15, -0.1) is 0 Å². The summed E-state index contributed by atoms with van der Waals surface area (Å²) in [5.41, 5.74) is 2.12. The first-order valence-corrected chi connectivity index (χ1v) is 9.18. The Hall–Kier alpha value is -1.56. The van der Waals surface area contributed by atoms with E-state index in [2.05, 4.69) is 11.6 Å². The largest absolute Gasteiger partial charge is 0.495 e. The molecular formula is C17H20ClNO3S. The number of ether oxygens (including phenoxy) is 1. The summed E-state index contributed by atoms with van der Waals surface area (Å²) in [7, 11) is -2.18. The van der Waals surface area contributed by atoms with Crippen molar-refractivity contribution in [3.63, 3.8) is 0 Å². The minimum atomic E-state index is -3.66. The quantitative estimate of drug-likeness (QED) is 0.855. The maximum Gasteiger partial charge on any atom is 0.241 e. The molecule has 23 heavy (non-hydrogen) atoms. The van der Waals surface area contributed by atoms with Crippen LogP contribution in [0.4, 0.5) is 0 Å². The number of benzene rings is 2. The molecule has 4 nitrogen and oxygen atoms in total. The molecule has 0 fully saturated rings. The van der Waals surface area contributed by atoms with E-state index in [0.717, 1.165) is 12.0 Å². The van der Waals surface area contributed by atoms with Gasteiger partial charge in [0, 0.05) is 6.04 Å². The Morgan fingerprint density at radius 2 is 1.83 bits per heavy atom. The van der Waals surface area contributed by atoms with Crippen LogP contribution in [0.2, 0.25) is 5.02 Å². The van der Waals surface area contributed by atoms with Crippen LogP contribution in [-0.4, -0.2) is 15.5 Å². The second-order valence-electron chi connectivity index (χ2n) is 5.23. The average Bonchev–Trinajstić information content (AvgIpc) is 2.54. The van der Waals surface area contributed by atoms with Crippen LogP contribution < -0.4 is 9.46 Å². The molecule has 0 aliphatic carbocycles. The molecule has 0 aliphatic rings. The molecule has 0 saturated carbocycles. The summed E-state index contributed by atoms with van der Waals surface area (Å²) in [6, 6.07) is 11.9. The van der Waals surface area contributed by atoms with Crippen LogP contribution in [0.15, 0.2) is 47.4 Å². The van der Waals surface area contributed by atoms with Crippen LogP contribution in [0.1, 0.15) is 31.0 Å². The van der Waals surface area contributed by atoms with E-state index >= 15 is 0 Å². The second kappa shape index (κ2) is 7.34. The zero-order valence-electron chi connectivity index (χ0n) is 13.3. The van der Waals surface area contributed by atoms with E-state index < -0.39 is 10.0 Å². The van der Waals surface area contributed by atoms with Crippen molar-refractivity contribution in [2.45, 2.75) is 31.2 Å². The van der Waals surface area contributed by atoms with E-state index in [1.54, 1.807) is 0 Å². The summed E-state index contributed by atoms with van der Waals surface area (Å²) in [4.78, 5) is 0.111. The fraction of sp³-hybridized carbons (Fsp3) is 0.294. The van der Waals surface area contributed by atoms with Crippen molar-refractivity contribution in [3.8, 4) is 5.75 Å². The number of nitrogens with one attached hydrogen (secondary N) is 1. The molecule has 0 heterocycles. The number of rotatable bonds is 6. The first kappa shape index (κ1) is 17.8. The highest BCUT2D eigenvalue weighted by molar-refractivity contribution is 7.89. The SMILES string of the molecule is CCc1ccc([C@@H](C)NS(=O)(=O)c2ccc(OC)c(Cl)c2)cc1. The van der Waals surface area contributed by atoms with Gasteiger partial charge in [0.2, 0.25) is 10.0 Å². The molecule has 0 spiro atoms. The number of aryl methyl sites for hydroxylation is 1. The fourth-order valence-corrected chi connectivity index (χ4v) is 3.81. The smallest absolute Gasteiger partial charge is 0.241 e. The van der Waals surface area contributed by atoms with E-state index in [9.17, 15) is 8.42 Å². The van der Waals surface area contributed by atoms with Crippen molar-refractivity contribution in [2.24, 2.45) is 0 Å². The van der Waals surface area contributed by atoms with Gasteiger partial charge in [0.15, 0.2) is 0 Å². The lowest BCUT2D eigenvalue weighted by Crippen LogP contribution is -2.26. The van der Waals surface area contributed by atoms with Gasteiger partial charge in [-0.05, 0) is 42.7 Å². The first-order chi connectivity index (χ1) is 10.9. The fourth-order valence-electron chi connectivity index (χ4n) is 2.23. The van der Waals surface area contributed by atoms with Crippen LogP contribution in [-0.2, 0) is 16.4 Å². The van der Waals surface area contributed by atoms with Gasteiger partial charge in [0.25, 0.3) is 0 Å². The minimum absolute atomic E-state index is 0.111. The summed E-state index contributed by atoms with van der Waals surface area (Å²) in [6.45, 7) is 3.89. The number of methoxy groups -OCH3 is 1. The average molecular weight is 354 g/mol. The summed E-state index contributed by atoms with van der Waals surface area (Å²) < 4.78 is 32.7.